The van der Waals surface area contributed by atoms with Crippen LogP contribution in [0.25, 0.3) is 0 Å². The number of ketones is 2. The maximum absolute atomic E-state index is 12.6. The van der Waals surface area contributed by atoms with E-state index in [1.165, 1.54) is 6.07 Å². The normalized spacial score (nSPS) is 12.2. The molecule has 4 heteroatoms. The van der Waals surface area contributed by atoms with Crippen LogP contribution in [0, 0.1) is 12.0 Å². The molecule has 2 aromatic rings. The summed E-state index contributed by atoms with van der Waals surface area (Å²) in [5, 5.41) is 9.99. The number of nitrogens with two attached hydrogens (primary N) is 1. The Morgan fingerprint density at radius 2 is 1.57 bits per heavy atom. The standard InChI is InChI=1S/C17H11NO3/c18-9-3-4-10-7-8-13(19)15-14(10)16(20)11-5-1-2-6-12(11)17(15)21/h1-2,5-8,19H,4,18H2. The number of benzene rings is 2. The quantitative estimate of drug-likeness (QED) is 0.523. The molecule has 0 saturated heterocycles. The second-order valence-electron chi connectivity index (χ2n) is 4.70. The minimum Gasteiger partial charge on any atom is -0.507 e. The molecule has 0 amide bonds. The molecule has 21 heavy (non-hydrogen) atoms. The van der Waals surface area contributed by atoms with Gasteiger partial charge in [-0.3, -0.25) is 9.59 Å². The second kappa shape index (κ2) is 4.80. The number of aromatic hydroxyl groups is 1. The molecule has 3 rings (SSSR count). The van der Waals surface area contributed by atoms with Crippen molar-refractivity contribution in [2.75, 3.05) is 0 Å². The van der Waals surface area contributed by atoms with Crippen LogP contribution in [0.2, 0.25) is 0 Å². The summed E-state index contributed by atoms with van der Waals surface area (Å²) in [6.07, 6.45) is 0.250. The topological polar surface area (TPSA) is 80.4 Å². The van der Waals surface area contributed by atoms with Gasteiger partial charge in [0, 0.05) is 29.2 Å². The predicted molar refractivity (Wildman–Crippen MR) is 77.1 cm³/mol. The molecular weight excluding hydrogens is 266 g/mol. The molecule has 4 nitrogen and oxygen atoms in total. The SMILES string of the molecule is NC#CCc1ccc(O)c2c1C(=O)c1ccccc1C2=O. The highest BCUT2D eigenvalue weighted by molar-refractivity contribution is 6.29. The van der Waals surface area contributed by atoms with Gasteiger partial charge in [-0.15, -0.1) is 0 Å². The van der Waals surface area contributed by atoms with Crippen molar-refractivity contribution in [2.45, 2.75) is 6.42 Å². The molecule has 102 valence electrons. The van der Waals surface area contributed by atoms with Gasteiger partial charge >= 0.3 is 0 Å². The molecule has 3 N–H and O–H groups in total. The van der Waals surface area contributed by atoms with Gasteiger partial charge in [-0.25, -0.2) is 0 Å². The molecular formula is C17H11NO3. The van der Waals surface area contributed by atoms with Crippen LogP contribution in [0.1, 0.15) is 37.4 Å². The van der Waals surface area contributed by atoms with Crippen molar-refractivity contribution in [1.29, 1.82) is 0 Å². The van der Waals surface area contributed by atoms with E-state index in [0.29, 0.717) is 16.7 Å². The number of carbonyl (C=O) groups excluding carboxylic acids is 2. The van der Waals surface area contributed by atoms with E-state index >= 15 is 0 Å². The third-order valence-electron chi connectivity index (χ3n) is 3.52. The minimum absolute atomic E-state index is 0.0509. The van der Waals surface area contributed by atoms with Gasteiger partial charge in [-0.2, -0.15) is 0 Å². The molecule has 2 aromatic carbocycles. The molecule has 0 unspecified atom stereocenters. The van der Waals surface area contributed by atoms with Crippen LogP contribution in [-0.4, -0.2) is 16.7 Å². The zero-order valence-corrected chi connectivity index (χ0v) is 11.0. The molecule has 0 bridgehead atoms. The van der Waals surface area contributed by atoms with Crippen LogP contribution in [0.3, 0.4) is 0 Å². The van der Waals surface area contributed by atoms with E-state index in [1.54, 1.807) is 30.3 Å². The monoisotopic (exact) mass is 277 g/mol. The number of hydrogen-bond acceptors (Lipinski definition) is 4. The van der Waals surface area contributed by atoms with Crippen LogP contribution in [0.4, 0.5) is 0 Å². The summed E-state index contributed by atoms with van der Waals surface area (Å²) in [5.41, 5.74) is 6.69. The molecule has 0 aliphatic heterocycles. The highest BCUT2D eigenvalue weighted by Crippen LogP contribution is 2.34. The Morgan fingerprint density at radius 3 is 2.19 bits per heavy atom. The fraction of sp³-hybridized carbons (Fsp3) is 0.0588. The van der Waals surface area contributed by atoms with Crippen molar-refractivity contribution >= 4 is 11.6 Å². The summed E-state index contributed by atoms with van der Waals surface area (Å²) in [4.78, 5) is 25.2. The lowest BCUT2D eigenvalue weighted by molar-refractivity contribution is 0.0976. The highest BCUT2D eigenvalue weighted by atomic mass is 16.3. The van der Waals surface area contributed by atoms with Crippen molar-refractivity contribution in [2.24, 2.45) is 5.73 Å². The van der Waals surface area contributed by atoms with Crippen molar-refractivity contribution in [3.05, 3.63) is 64.2 Å². The first-order valence-corrected chi connectivity index (χ1v) is 6.37. The summed E-state index contributed by atoms with van der Waals surface area (Å²) in [7, 11) is 0. The fourth-order valence-corrected chi connectivity index (χ4v) is 2.57. The van der Waals surface area contributed by atoms with Gasteiger partial charge in [0.05, 0.1) is 5.56 Å². The third kappa shape index (κ3) is 1.87. The van der Waals surface area contributed by atoms with Gasteiger partial charge in [0.1, 0.15) is 5.75 Å². The lowest BCUT2D eigenvalue weighted by atomic mass is 9.81. The smallest absolute Gasteiger partial charge is 0.198 e. The number of carbonyl (C=O) groups is 2. The first-order chi connectivity index (χ1) is 10.1. The average molecular weight is 277 g/mol. The molecule has 0 spiro atoms. The van der Waals surface area contributed by atoms with Crippen molar-refractivity contribution < 1.29 is 14.7 Å². The average Bonchev–Trinajstić information content (AvgIpc) is 2.51. The molecule has 0 radical (unpaired) electrons. The third-order valence-corrected chi connectivity index (χ3v) is 3.52. The van der Waals surface area contributed by atoms with Crippen molar-refractivity contribution in [3.8, 4) is 17.7 Å². The number of hydrogen-bond donors (Lipinski definition) is 2. The van der Waals surface area contributed by atoms with Gasteiger partial charge in [0.25, 0.3) is 0 Å². The number of rotatable bonds is 1. The van der Waals surface area contributed by atoms with Gasteiger partial charge < -0.3 is 10.8 Å². The summed E-state index contributed by atoms with van der Waals surface area (Å²) in [5.74, 6) is 1.86. The van der Waals surface area contributed by atoms with E-state index in [-0.39, 0.29) is 34.9 Å². The Balaban J connectivity index is 2.30. The van der Waals surface area contributed by atoms with E-state index in [4.69, 9.17) is 5.73 Å². The molecule has 0 saturated carbocycles. The molecule has 0 aromatic heterocycles. The summed E-state index contributed by atoms with van der Waals surface area (Å²) >= 11 is 0. The Kier molecular flexibility index (Phi) is 2.96. The number of phenols is 1. The van der Waals surface area contributed by atoms with E-state index in [2.05, 4.69) is 12.0 Å². The first-order valence-electron chi connectivity index (χ1n) is 6.37. The largest absolute Gasteiger partial charge is 0.507 e. The van der Waals surface area contributed by atoms with Crippen LogP contribution < -0.4 is 5.73 Å². The highest BCUT2D eigenvalue weighted by Gasteiger charge is 2.33. The zero-order valence-electron chi connectivity index (χ0n) is 11.0. The predicted octanol–water partition coefficient (Wildman–Crippen LogP) is 1.63. The van der Waals surface area contributed by atoms with Crippen molar-refractivity contribution in [1.82, 2.24) is 0 Å². The first kappa shape index (κ1) is 12.9. The maximum atomic E-state index is 12.6. The lowest BCUT2D eigenvalue weighted by Gasteiger charge is -2.20. The van der Waals surface area contributed by atoms with Crippen LogP contribution in [0.5, 0.6) is 5.75 Å². The molecule has 1 aliphatic rings. The van der Waals surface area contributed by atoms with Crippen LogP contribution >= 0.6 is 0 Å². The Hall–Kier alpha value is -3.06. The molecule has 0 fully saturated rings. The Labute approximate surface area is 121 Å². The van der Waals surface area contributed by atoms with Crippen molar-refractivity contribution in [3.63, 3.8) is 0 Å². The zero-order chi connectivity index (χ0) is 15.0. The minimum atomic E-state index is -0.347. The molecule has 0 atom stereocenters. The number of phenolic OH excluding ortho intramolecular Hbond substituents is 1. The number of fused-ring (bicyclic) bond motifs is 2. The van der Waals surface area contributed by atoms with E-state index in [0.717, 1.165) is 0 Å². The van der Waals surface area contributed by atoms with E-state index in [1.807, 2.05) is 0 Å². The van der Waals surface area contributed by atoms with E-state index < -0.39 is 0 Å². The molecule has 1 aliphatic carbocycles. The molecule has 0 heterocycles. The van der Waals surface area contributed by atoms with Crippen LogP contribution in [-0.2, 0) is 6.42 Å². The van der Waals surface area contributed by atoms with Gasteiger partial charge in [0.15, 0.2) is 11.6 Å². The summed E-state index contributed by atoms with van der Waals surface area (Å²) < 4.78 is 0. The maximum Gasteiger partial charge on any atom is 0.198 e. The Bertz CT molecular complexity index is 841. The summed E-state index contributed by atoms with van der Waals surface area (Å²) in [6.45, 7) is 0. The van der Waals surface area contributed by atoms with Gasteiger partial charge in [0.2, 0.25) is 0 Å². The summed E-state index contributed by atoms with van der Waals surface area (Å²) in [6, 6.07) is 11.9. The van der Waals surface area contributed by atoms with Gasteiger partial charge in [-0.05, 0) is 11.6 Å². The fourth-order valence-electron chi connectivity index (χ4n) is 2.57. The van der Waals surface area contributed by atoms with E-state index in [9.17, 15) is 14.7 Å². The lowest BCUT2D eigenvalue weighted by Crippen LogP contribution is -2.22. The van der Waals surface area contributed by atoms with Gasteiger partial charge in [-0.1, -0.05) is 36.3 Å². The Morgan fingerprint density at radius 1 is 0.952 bits per heavy atom. The second-order valence-corrected chi connectivity index (χ2v) is 4.70. The van der Waals surface area contributed by atoms with Crippen LogP contribution in [0.15, 0.2) is 36.4 Å².